The van der Waals surface area contributed by atoms with Crippen molar-refractivity contribution < 1.29 is 17.5 Å². The van der Waals surface area contributed by atoms with E-state index in [0.29, 0.717) is 0 Å². The van der Waals surface area contributed by atoms with Crippen LogP contribution in [0.1, 0.15) is 17.5 Å². The number of fused-ring (bicyclic) bond motifs is 1. The molecule has 0 saturated carbocycles. The number of ether oxygens (including phenoxy) is 1. The van der Waals surface area contributed by atoms with Crippen molar-refractivity contribution in [2.24, 2.45) is 0 Å². The fourth-order valence-electron chi connectivity index (χ4n) is 2.40. The number of nitrogens with one attached hydrogen (secondary N) is 1. The minimum Gasteiger partial charge on any atom is -0.493 e. The zero-order valence-corrected chi connectivity index (χ0v) is 12.7. The lowest BCUT2D eigenvalue weighted by Gasteiger charge is -2.18. The molecule has 6 heteroatoms. The molecule has 0 aliphatic carbocycles. The second kappa shape index (κ2) is 6.06. The lowest BCUT2D eigenvalue weighted by Crippen LogP contribution is -2.23. The minimum atomic E-state index is -3.64. The van der Waals surface area contributed by atoms with Crippen LogP contribution in [0, 0.1) is 5.82 Å². The molecule has 2 aromatic rings. The first-order chi connectivity index (χ1) is 10.5. The number of benzene rings is 2. The predicted molar refractivity (Wildman–Crippen MR) is 80.7 cm³/mol. The van der Waals surface area contributed by atoms with Crippen LogP contribution in [0.25, 0.3) is 0 Å². The first kappa shape index (κ1) is 15.0. The maximum atomic E-state index is 12.9. The van der Waals surface area contributed by atoms with Gasteiger partial charge in [-0.3, -0.25) is 0 Å². The van der Waals surface area contributed by atoms with E-state index in [1.165, 1.54) is 12.1 Å². The average molecular weight is 321 g/mol. The van der Waals surface area contributed by atoms with Gasteiger partial charge in [-0.25, -0.2) is 17.5 Å². The van der Waals surface area contributed by atoms with E-state index < -0.39 is 15.8 Å². The zero-order valence-electron chi connectivity index (χ0n) is 11.9. The summed E-state index contributed by atoms with van der Waals surface area (Å²) in [5.74, 6) is 0.407. The summed E-state index contributed by atoms with van der Waals surface area (Å²) in [7, 11) is -3.64. The van der Waals surface area contributed by atoms with Gasteiger partial charge in [0.15, 0.2) is 0 Å². The number of aryl methyl sites for hydroxylation is 1. The van der Waals surface area contributed by atoms with Crippen LogP contribution in [0.4, 0.5) is 4.39 Å². The Kier molecular flexibility index (Phi) is 4.13. The first-order valence-electron chi connectivity index (χ1n) is 7.04. The highest BCUT2D eigenvalue weighted by atomic mass is 32.2. The monoisotopic (exact) mass is 321 g/mol. The second-order valence-electron chi connectivity index (χ2n) is 5.17. The highest BCUT2D eigenvalue weighted by molar-refractivity contribution is 7.89. The standard InChI is InChI=1S/C16H16FNO3S/c17-14-4-6-15(7-5-14)22(19,20)18-11-12-3-8-16-13(10-12)2-1-9-21-16/h3-8,10,18H,1-2,9,11H2. The van der Waals surface area contributed by atoms with Crippen LogP contribution in [-0.2, 0) is 23.0 Å². The number of halogens is 1. The van der Waals surface area contributed by atoms with Gasteiger partial charge < -0.3 is 4.74 Å². The summed E-state index contributed by atoms with van der Waals surface area (Å²) in [6, 6.07) is 10.4. The molecule has 3 rings (SSSR count). The zero-order chi connectivity index (χ0) is 15.6. The molecule has 0 fully saturated rings. The van der Waals surface area contributed by atoms with E-state index in [-0.39, 0.29) is 11.4 Å². The van der Waals surface area contributed by atoms with E-state index in [1.807, 2.05) is 18.2 Å². The summed E-state index contributed by atoms with van der Waals surface area (Å²) in [5, 5.41) is 0. The van der Waals surface area contributed by atoms with E-state index in [2.05, 4.69) is 4.72 Å². The third-order valence-corrected chi connectivity index (χ3v) is 4.98. The highest BCUT2D eigenvalue weighted by Gasteiger charge is 2.15. The normalized spacial score (nSPS) is 14.2. The van der Waals surface area contributed by atoms with Crippen molar-refractivity contribution in [2.75, 3.05) is 6.61 Å². The Morgan fingerprint density at radius 3 is 2.68 bits per heavy atom. The van der Waals surface area contributed by atoms with Gasteiger partial charge in [0, 0.05) is 6.54 Å². The van der Waals surface area contributed by atoms with Gasteiger partial charge in [0.25, 0.3) is 0 Å². The molecule has 0 saturated heterocycles. The molecule has 0 amide bonds. The van der Waals surface area contributed by atoms with Crippen LogP contribution in [0.3, 0.4) is 0 Å². The van der Waals surface area contributed by atoms with Crippen molar-refractivity contribution in [1.29, 1.82) is 0 Å². The first-order valence-corrected chi connectivity index (χ1v) is 8.53. The molecule has 0 unspecified atom stereocenters. The minimum absolute atomic E-state index is 0.0511. The number of sulfonamides is 1. The maximum Gasteiger partial charge on any atom is 0.240 e. The van der Waals surface area contributed by atoms with Crippen LogP contribution in [0.2, 0.25) is 0 Å². The van der Waals surface area contributed by atoms with Crippen molar-refractivity contribution in [3.8, 4) is 5.75 Å². The molecule has 0 spiro atoms. The van der Waals surface area contributed by atoms with E-state index in [9.17, 15) is 12.8 Å². The van der Waals surface area contributed by atoms with Gasteiger partial charge in [0.05, 0.1) is 11.5 Å². The van der Waals surface area contributed by atoms with E-state index in [0.717, 1.165) is 48.5 Å². The molecule has 2 aromatic carbocycles. The smallest absolute Gasteiger partial charge is 0.240 e. The molecule has 116 valence electrons. The Balaban J connectivity index is 1.73. The third kappa shape index (κ3) is 3.28. The predicted octanol–water partition coefficient (Wildman–Crippen LogP) is 2.63. The van der Waals surface area contributed by atoms with Crippen molar-refractivity contribution in [3.63, 3.8) is 0 Å². The summed E-state index contributed by atoms with van der Waals surface area (Å²) < 4.78 is 45.2. The molecular formula is C16H16FNO3S. The largest absolute Gasteiger partial charge is 0.493 e. The summed E-state index contributed by atoms with van der Waals surface area (Å²) in [6.07, 6.45) is 1.91. The van der Waals surface area contributed by atoms with E-state index >= 15 is 0 Å². The third-order valence-electron chi connectivity index (χ3n) is 3.56. The fourth-order valence-corrected chi connectivity index (χ4v) is 3.42. The maximum absolute atomic E-state index is 12.9. The van der Waals surface area contributed by atoms with Crippen LogP contribution in [0.15, 0.2) is 47.4 Å². The van der Waals surface area contributed by atoms with Gasteiger partial charge in [-0.05, 0) is 54.3 Å². The van der Waals surface area contributed by atoms with Crippen LogP contribution in [0.5, 0.6) is 5.75 Å². The lowest BCUT2D eigenvalue weighted by atomic mass is 10.0. The molecule has 0 radical (unpaired) electrons. The molecule has 1 aliphatic heterocycles. The Bertz CT molecular complexity index is 772. The van der Waals surface area contributed by atoms with Crippen molar-refractivity contribution >= 4 is 10.0 Å². The van der Waals surface area contributed by atoms with Crippen molar-refractivity contribution in [1.82, 2.24) is 4.72 Å². The quantitative estimate of drug-likeness (QED) is 0.942. The lowest BCUT2D eigenvalue weighted by molar-refractivity contribution is 0.288. The van der Waals surface area contributed by atoms with E-state index in [4.69, 9.17) is 4.74 Å². The molecule has 1 N–H and O–H groups in total. The van der Waals surface area contributed by atoms with Crippen LogP contribution in [-0.4, -0.2) is 15.0 Å². The number of rotatable bonds is 4. The summed E-state index contributed by atoms with van der Waals surface area (Å²) in [6.45, 7) is 0.913. The molecule has 4 nitrogen and oxygen atoms in total. The van der Waals surface area contributed by atoms with Crippen LogP contribution < -0.4 is 9.46 Å². The topological polar surface area (TPSA) is 55.4 Å². The SMILES string of the molecule is O=S(=O)(NCc1ccc2c(c1)CCCO2)c1ccc(F)cc1. The molecule has 1 aliphatic rings. The fraction of sp³-hybridized carbons (Fsp3) is 0.250. The summed E-state index contributed by atoms with van der Waals surface area (Å²) >= 11 is 0. The Morgan fingerprint density at radius 2 is 1.91 bits per heavy atom. The Morgan fingerprint density at radius 1 is 1.14 bits per heavy atom. The Labute approximate surface area is 129 Å². The van der Waals surface area contributed by atoms with Crippen molar-refractivity contribution in [2.45, 2.75) is 24.3 Å². The molecule has 0 aromatic heterocycles. The molecular weight excluding hydrogens is 305 g/mol. The highest BCUT2D eigenvalue weighted by Crippen LogP contribution is 2.25. The molecule has 0 atom stereocenters. The van der Waals surface area contributed by atoms with Crippen LogP contribution >= 0.6 is 0 Å². The van der Waals surface area contributed by atoms with E-state index in [1.54, 1.807) is 0 Å². The molecule has 1 heterocycles. The Hall–Kier alpha value is -1.92. The average Bonchev–Trinajstić information content (AvgIpc) is 2.53. The van der Waals surface area contributed by atoms with Crippen molar-refractivity contribution in [3.05, 3.63) is 59.4 Å². The van der Waals surface area contributed by atoms with Gasteiger partial charge in [-0.2, -0.15) is 0 Å². The second-order valence-corrected chi connectivity index (χ2v) is 6.94. The van der Waals surface area contributed by atoms with Gasteiger partial charge in [0.1, 0.15) is 11.6 Å². The van der Waals surface area contributed by atoms with Gasteiger partial charge in [-0.1, -0.05) is 12.1 Å². The van der Waals surface area contributed by atoms with Gasteiger partial charge in [0.2, 0.25) is 10.0 Å². The molecule has 0 bridgehead atoms. The van der Waals surface area contributed by atoms with Gasteiger partial charge >= 0.3 is 0 Å². The summed E-state index contributed by atoms with van der Waals surface area (Å²) in [5.41, 5.74) is 1.97. The number of hydrogen-bond donors (Lipinski definition) is 1. The summed E-state index contributed by atoms with van der Waals surface area (Å²) in [4.78, 5) is 0.0511. The number of hydrogen-bond acceptors (Lipinski definition) is 3. The van der Waals surface area contributed by atoms with Gasteiger partial charge in [-0.15, -0.1) is 0 Å². The molecule has 22 heavy (non-hydrogen) atoms.